The summed E-state index contributed by atoms with van der Waals surface area (Å²) in [5, 5.41) is 10.4. The predicted octanol–water partition coefficient (Wildman–Crippen LogP) is 1.68. The zero-order valence-corrected chi connectivity index (χ0v) is 11.8. The van der Waals surface area contributed by atoms with Crippen LogP contribution < -0.4 is 4.74 Å². The number of para-hydroxylation sites is 1. The zero-order chi connectivity index (χ0) is 14.4. The van der Waals surface area contributed by atoms with Gasteiger partial charge in [-0.2, -0.15) is 0 Å². The molecular weight excluding hydrogens is 261 g/mol. The number of hydrogen-bond donors (Lipinski definition) is 1. The monoisotopic (exact) mass is 283 g/mol. The minimum absolute atomic E-state index is 0.269. The maximum absolute atomic E-state index is 13.4. The van der Waals surface area contributed by atoms with Gasteiger partial charge in [-0.15, -0.1) is 0 Å². The molecule has 1 saturated heterocycles. The van der Waals surface area contributed by atoms with Crippen LogP contribution in [0, 0.1) is 5.82 Å². The van der Waals surface area contributed by atoms with Crippen LogP contribution >= 0.6 is 0 Å². The van der Waals surface area contributed by atoms with Gasteiger partial charge in [0.05, 0.1) is 5.60 Å². The molecule has 1 aliphatic heterocycles. The van der Waals surface area contributed by atoms with Gasteiger partial charge in [-0.1, -0.05) is 12.1 Å². The van der Waals surface area contributed by atoms with Gasteiger partial charge < -0.3 is 19.5 Å². The van der Waals surface area contributed by atoms with Crippen LogP contribution in [0.25, 0.3) is 0 Å². The van der Waals surface area contributed by atoms with Crippen molar-refractivity contribution in [2.24, 2.45) is 0 Å². The van der Waals surface area contributed by atoms with Crippen molar-refractivity contribution in [1.29, 1.82) is 0 Å². The number of hydrogen-bond acceptors (Lipinski definition) is 4. The van der Waals surface area contributed by atoms with Crippen molar-refractivity contribution in [2.45, 2.75) is 18.4 Å². The molecular formula is C15H22FNO3. The van der Waals surface area contributed by atoms with Crippen molar-refractivity contribution in [1.82, 2.24) is 4.90 Å². The highest BCUT2D eigenvalue weighted by atomic mass is 19.1. The third kappa shape index (κ3) is 4.44. The van der Waals surface area contributed by atoms with E-state index in [1.54, 1.807) is 18.2 Å². The quantitative estimate of drug-likeness (QED) is 0.862. The topological polar surface area (TPSA) is 41.9 Å². The van der Waals surface area contributed by atoms with Gasteiger partial charge in [0.1, 0.15) is 6.61 Å². The molecule has 1 aromatic carbocycles. The summed E-state index contributed by atoms with van der Waals surface area (Å²) in [6, 6.07) is 6.37. The maximum atomic E-state index is 13.4. The van der Waals surface area contributed by atoms with Gasteiger partial charge in [0.15, 0.2) is 11.6 Å². The molecule has 5 heteroatoms. The minimum Gasteiger partial charge on any atom is -0.489 e. The standard InChI is InChI=1S/C15H22FNO3/c1-17(12-15(18)6-9-19-10-7-15)8-11-20-14-5-3-2-4-13(14)16/h2-5,18H,6-12H2,1H3. The Bertz CT molecular complexity index is 421. The molecule has 0 saturated carbocycles. The van der Waals surface area contributed by atoms with E-state index in [1.807, 2.05) is 11.9 Å². The molecule has 0 aromatic heterocycles. The number of likely N-dealkylation sites (N-methyl/N-ethyl adjacent to an activating group) is 1. The Morgan fingerprint density at radius 3 is 2.75 bits per heavy atom. The molecule has 20 heavy (non-hydrogen) atoms. The number of aliphatic hydroxyl groups is 1. The lowest BCUT2D eigenvalue weighted by Crippen LogP contribution is -2.46. The first-order valence-corrected chi connectivity index (χ1v) is 6.95. The Kier molecular flexibility index (Phi) is 5.34. The van der Waals surface area contributed by atoms with E-state index >= 15 is 0 Å². The molecule has 1 N–H and O–H groups in total. The molecule has 1 fully saturated rings. The SMILES string of the molecule is CN(CCOc1ccccc1F)CC1(O)CCOCC1. The van der Waals surface area contributed by atoms with Crippen LogP contribution in [0.5, 0.6) is 5.75 Å². The first-order chi connectivity index (χ1) is 9.59. The fraction of sp³-hybridized carbons (Fsp3) is 0.600. The average Bonchev–Trinajstić information content (AvgIpc) is 2.41. The highest BCUT2D eigenvalue weighted by Gasteiger charge is 2.30. The van der Waals surface area contributed by atoms with Gasteiger partial charge in [-0.25, -0.2) is 4.39 Å². The van der Waals surface area contributed by atoms with Crippen LogP contribution in [-0.4, -0.2) is 55.6 Å². The zero-order valence-electron chi connectivity index (χ0n) is 11.8. The summed E-state index contributed by atoms with van der Waals surface area (Å²) < 4.78 is 24.0. The van der Waals surface area contributed by atoms with Gasteiger partial charge in [-0.3, -0.25) is 0 Å². The lowest BCUT2D eigenvalue weighted by Gasteiger charge is -2.35. The van der Waals surface area contributed by atoms with Crippen LogP contribution in [0.15, 0.2) is 24.3 Å². The number of benzene rings is 1. The largest absolute Gasteiger partial charge is 0.489 e. The lowest BCUT2D eigenvalue weighted by atomic mass is 9.94. The summed E-state index contributed by atoms with van der Waals surface area (Å²) in [5.41, 5.74) is -0.676. The second-order valence-corrected chi connectivity index (χ2v) is 5.35. The summed E-state index contributed by atoms with van der Waals surface area (Å²) in [4.78, 5) is 2.01. The van der Waals surface area contributed by atoms with Gasteiger partial charge in [0, 0.05) is 39.1 Å². The fourth-order valence-electron chi connectivity index (χ4n) is 2.36. The van der Waals surface area contributed by atoms with Crippen molar-refractivity contribution in [3.63, 3.8) is 0 Å². The molecule has 1 aliphatic rings. The molecule has 4 nitrogen and oxygen atoms in total. The van der Waals surface area contributed by atoms with Gasteiger partial charge in [-0.05, 0) is 19.2 Å². The number of halogens is 1. The van der Waals surface area contributed by atoms with Gasteiger partial charge >= 0.3 is 0 Å². The van der Waals surface area contributed by atoms with E-state index in [2.05, 4.69) is 0 Å². The third-order valence-electron chi connectivity index (χ3n) is 3.55. The Labute approximate surface area is 119 Å². The van der Waals surface area contributed by atoms with Crippen molar-refractivity contribution < 1.29 is 19.0 Å². The van der Waals surface area contributed by atoms with E-state index in [0.717, 1.165) is 0 Å². The van der Waals surface area contributed by atoms with E-state index < -0.39 is 5.60 Å². The van der Waals surface area contributed by atoms with Crippen molar-refractivity contribution in [2.75, 3.05) is 40.0 Å². The number of rotatable bonds is 6. The average molecular weight is 283 g/mol. The second kappa shape index (κ2) is 7.02. The minimum atomic E-state index is -0.676. The van der Waals surface area contributed by atoms with Crippen molar-refractivity contribution in [3.8, 4) is 5.75 Å². The van der Waals surface area contributed by atoms with Crippen LogP contribution in [0.4, 0.5) is 4.39 Å². The summed E-state index contributed by atoms with van der Waals surface area (Å²) in [6.45, 7) is 2.82. The van der Waals surface area contributed by atoms with Crippen molar-refractivity contribution in [3.05, 3.63) is 30.1 Å². The molecule has 0 amide bonds. The van der Waals surface area contributed by atoms with E-state index in [0.29, 0.717) is 45.8 Å². The molecule has 112 valence electrons. The van der Waals surface area contributed by atoms with Gasteiger partial charge in [0.25, 0.3) is 0 Å². The highest BCUT2D eigenvalue weighted by molar-refractivity contribution is 5.23. The third-order valence-corrected chi connectivity index (χ3v) is 3.55. The summed E-state index contributed by atoms with van der Waals surface area (Å²) in [5.74, 6) is -0.0797. The molecule has 2 rings (SSSR count). The predicted molar refractivity (Wildman–Crippen MR) is 74.4 cm³/mol. The second-order valence-electron chi connectivity index (χ2n) is 5.35. The Balaban J connectivity index is 1.72. The number of ether oxygens (including phenoxy) is 2. The van der Waals surface area contributed by atoms with Gasteiger partial charge in [0.2, 0.25) is 0 Å². The van der Waals surface area contributed by atoms with E-state index in [1.165, 1.54) is 6.07 Å². The normalized spacial score (nSPS) is 18.2. The Hall–Kier alpha value is -1.17. The van der Waals surface area contributed by atoms with E-state index in [-0.39, 0.29) is 11.6 Å². The molecule has 0 unspecified atom stereocenters. The molecule has 1 aromatic rings. The highest BCUT2D eigenvalue weighted by Crippen LogP contribution is 2.21. The molecule has 0 bridgehead atoms. The van der Waals surface area contributed by atoms with Crippen LogP contribution in [0.1, 0.15) is 12.8 Å². The lowest BCUT2D eigenvalue weighted by molar-refractivity contribution is -0.0775. The fourth-order valence-corrected chi connectivity index (χ4v) is 2.36. The number of nitrogens with zero attached hydrogens (tertiary/aromatic N) is 1. The maximum Gasteiger partial charge on any atom is 0.165 e. The van der Waals surface area contributed by atoms with Crippen LogP contribution in [0.3, 0.4) is 0 Å². The smallest absolute Gasteiger partial charge is 0.165 e. The summed E-state index contributed by atoms with van der Waals surface area (Å²) in [6.07, 6.45) is 1.32. The first-order valence-electron chi connectivity index (χ1n) is 6.95. The Morgan fingerprint density at radius 1 is 1.35 bits per heavy atom. The van der Waals surface area contributed by atoms with E-state index in [9.17, 15) is 9.50 Å². The molecule has 0 atom stereocenters. The first kappa shape index (κ1) is 15.2. The summed E-state index contributed by atoms with van der Waals surface area (Å²) in [7, 11) is 1.93. The van der Waals surface area contributed by atoms with Crippen molar-refractivity contribution >= 4 is 0 Å². The van der Waals surface area contributed by atoms with Crippen LogP contribution in [0.2, 0.25) is 0 Å². The summed E-state index contributed by atoms with van der Waals surface area (Å²) >= 11 is 0. The van der Waals surface area contributed by atoms with Crippen LogP contribution in [-0.2, 0) is 4.74 Å². The molecule has 0 spiro atoms. The molecule has 0 aliphatic carbocycles. The molecule has 1 heterocycles. The van der Waals surface area contributed by atoms with E-state index in [4.69, 9.17) is 9.47 Å². The Morgan fingerprint density at radius 2 is 2.05 bits per heavy atom. The molecule has 0 radical (unpaired) electrons.